The third-order valence-electron chi connectivity index (χ3n) is 3.12. The fraction of sp³-hybridized carbons (Fsp3) is 0.0625. The molecule has 0 fully saturated rings. The lowest BCUT2D eigenvalue weighted by atomic mass is 10.1. The summed E-state index contributed by atoms with van der Waals surface area (Å²) in [6, 6.07) is 10.6. The van der Waals surface area contributed by atoms with Gasteiger partial charge >= 0.3 is 0 Å². The Morgan fingerprint density at radius 2 is 2.05 bits per heavy atom. The first-order valence-electron chi connectivity index (χ1n) is 6.42. The lowest BCUT2D eigenvalue weighted by Gasteiger charge is -2.09. The van der Waals surface area contributed by atoms with Crippen LogP contribution in [0.15, 0.2) is 48.8 Å². The number of rotatable bonds is 2. The second-order valence-electron chi connectivity index (χ2n) is 4.64. The van der Waals surface area contributed by atoms with E-state index in [1.807, 2.05) is 31.2 Å². The quantitative estimate of drug-likeness (QED) is 0.784. The maximum atomic E-state index is 13.6. The van der Waals surface area contributed by atoms with E-state index in [0.717, 1.165) is 17.3 Å². The highest BCUT2D eigenvalue weighted by molar-refractivity contribution is 6.08. The summed E-state index contributed by atoms with van der Waals surface area (Å²) in [5.41, 5.74) is 2.03. The molecule has 21 heavy (non-hydrogen) atoms. The number of benzene rings is 1. The van der Waals surface area contributed by atoms with E-state index in [1.54, 1.807) is 6.07 Å². The first-order valence-corrected chi connectivity index (χ1v) is 6.42. The molecule has 0 unspecified atom stereocenters. The summed E-state index contributed by atoms with van der Waals surface area (Å²) < 4.78 is 13.6. The summed E-state index contributed by atoms with van der Waals surface area (Å²) >= 11 is 0. The van der Waals surface area contributed by atoms with Crippen molar-refractivity contribution in [3.63, 3.8) is 0 Å². The predicted molar refractivity (Wildman–Crippen MR) is 78.6 cm³/mol. The van der Waals surface area contributed by atoms with Gasteiger partial charge in [-0.15, -0.1) is 0 Å². The number of carbonyl (C=O) groups is 1. The number of nitrogens with zero attached hydrogens (tertiary/aromatic N) is 2. The van der Waals surface area contributed by atoms with Crippen molar-refractivity contribution in [3.05, 3.63) is 65.9 Å². The minimum absolute atomic E-state index is 0.0466. The number of hydrogen-bond donors (Lipinski definition) is 1. The second kappa shape index (κ2) is 5.28. The van der Waals surface area contributed by atoms with Crippen LogP contribution in [0.1, 0.15) is 16.1 Å². The maximum absolute atomic E-state index is 13.6. The number of pyridine rings is 2. The minimum Gasteiger partial charge on any atom is -0.320 e. The Balaban J connectivity index is 2.00. The molecule has 0 spiro atoms. The Kier molecular flexibility index (Phi) is 3.31. The summed E-state index contributed by atoms with van der Waals surface area (Å²) in [6.07, 6.45) is 2.39. The average molecular weight is 281 g/mol. The first kappa shape index (κ1) is 13.2. The van der Waals surface area contributed by atoms with Gasteiger partial charge in [0.05, 0.1) is 23.0 Å². The van der Waals surface area contributed by atoms with Crippen molar-refractivity contribution < 1.29 is 9.18 Å². The highest BCUT2D eigenvalue weighted by Crippen LogP contribution is 2.22. The van der Waals surface area contributed by atoms with Crippen LogP contribution in [0.3, 0.4) is 0 Å². The molecule has 1 amide bonds. The monoisotopic (exact) mass is 281 g/mol. The van der Waals surface area contributed by atoms with Gasteiger partial charge in [0.25, 0.3) is 5.91 Å². The molecule has 3 rings (SSSR count). The number of hydrogen-bond acceptors (Lipinski definition) is 3. The zero-order valence-corrected chi connectivity index (χ0v) is 11.3. The van der Waals surface area contributed by atoms with E-state index < -0.39 is 11.7 Å². The van der Waals surface area contributed by atoms with Crippen LogP contribution in [-0.4, -0.2) is 15.9 Å². The van der Waals surface area contributed by atoms with Crippen LogP contribution in [0.25, 0.3) is 10.9 Å². The SMILES string of the molecule is Cc1ccc2cccc(NC(=O)c3ccncc3F)c2n1. The van der Waals surface area contributed by atoms with Gasteiger partial charge in [0.2, 0.25) is 0 Å². The number of carbonyl (C=O) groups excluding carboxylic acids is 1. The third-order valence-corrected chi connectivity index (χ3v) is 3.12. The molecule has 0 bridgehead atoms. The molecule has 0 saturated carbocycles. The van der Waals surface area contributed by atoms with Gasteiger partial charge in [-0.05, 0) is 25.1 Å². The molecular formula is C16H12FN3O. The highest BCUT2D eigenvalue weighted by Gasteiger charge is 2.13. The molecule has 2 heterocycles. The Bertz CT molecular complexity index is 833. The fourth-order valence-electron chi connectivity index (χ4n) is 2.09. The number of nitrogens with one attached hydrogen (secondary N) is 1. The van der Waals surface area contributed by atoms with Crippen LogP contribution in [-0.2, 0) is 0 Å². The lowest BCUT2D eigenvalue weighted by Crippen LogP contribution is -2.14. The van der Waals surface area contributed by atoms with Crippen molar-refractivity contribution in [1.82, 2.24) is 9.97 Å². The molecule has 0 saturated heterocycles. The van der Waals surface area contributed by atoms with Gasteiger partial charge in [-0.1, -0.05) is 18.2 Å². The third kappa shape index (κ3) is 2.58. The minimum atomic E-state index is -0.653. The first-order chi connectivity index (χ1) is 10.1. The molecule has 0 atom stereocenters. The van der Waals surface area contributed by atoms with Crippen LogP contribution in [0.2, 0.25) is 0 Å². The van der Waals surface area contributed by atoms with Crippen LogP contribution in [0.4, 0.5) is 10.1 Å². The van der Waals surface area contributed by atoms with Gasteiger partial charge in [-0.2, -0.15) is 0 Å². The summed E-state index contributed by atoms with van der Waals surface area (Å²) in [6.45, 7) is 1.88. The van der Waals surface area contributed by atoms with Gasteiger partial charge in [0.15, 0.2) is 5.82 Å². The maximum Gasteiger partial charge on any atom is 0.258 e. The Labute approximate surface area is 120 Å². The molecule has 1 aromatic carbocycles. The number of halogens is 1. The molecule has 104 valence electrons. The van der Waals surface area contributed by atoms with E-state index in [2.05, 4.69) is 15.3 Å². The van der Waals surface area contributed by atoms with E-state index >= 15 is 0 Å². The topological polar surface area (TPSA) is 54.9 Å². The lowest BCUT2D eigenvalue weighted by molar-refractivity contribution is 0.102. The van der Waals surface area contributed by atoms with Crippen molar-refractivity contribution in [3.8, 4) is 0 Å². The fourth-order valence-corrected chi connectivity index (χ4v) is 2.09. The molecule has 0 aliphatic carbocycles. The molecule has 0 aliphatic heterocycles. The van der Waals surface area contributed by atoms with Crippen molar-refractivity contribution in [2.24, 2.45) is 0 Å². The largest absolute Gasteiger partial charge is 0.320 e. The van der Waals surface area contributed by atoms with Crippen molar-refractivity contribution in [1.29, 1.82) is 0 Å². The average Bonchev–Trinajstić information content (AvgIpc) is 2.48. The molecular weight excluding hydrogens is 269 g/mol. The molecule has 5 heteroatoms. The zero-order chi connectivity index (χ0) is 14.8. The summed E-state index contributed by atoms with van der Waals surface area (Å²) in [5, 5.41) is 3.61. The molecule has 2 aromatic heterocycles. The summed E-state index contributed by atoms with van der Waals surface area (Å²) in [4.78, 5) is 20.2. The summed E-state index contributed by atoms with van der Waals surface area (Å²) in [5.74, 6) is -1.18. The van der Waals surface area contributed by atoms with Gasteiger partial charge in [0, 0.05) is 17.3 Å². The van der Waals surface area contributed by atoms with Gasteiger partial charge in [-0.25, -0.2) is 4.39 Å². The van der Waals surface area contributed by atoms with Crippen molar-refractivity contribution in [2.45, 2.75) is 6.92 Å². The van der Waals surface area contributed by atoms with E-state index in [0.29, 0.717) is 11.2 Å². The molecule has 0 radical (unpaired) electrons. The van der Waals surface area contributed by atoms with Gasteiger partial charge < -0.3 is 5.32 Å². The van der Waals surface area contributed by atoms with E-state index in [-0.39, 0.29) is 5.56 Å². The van der Waals surface area contributed by atoms with Crippen LogP contribution in [0, 0.1) is 12.7 Å². The Hall–Kier alpha value is -2.82. The van der Waals surface area contributed by atoms with E-state index in [1.165, 1.54) is 12.3 Å². The Morgan fingerprint density at radius 3 is 2.86 bits per heavy atom. The van der Waals surface area contributed by atoms with Crippen LogP contribution < -0.4 is 5.32 Å². The van der Waals surface area contributed by atoms with Crippen LogP contribution in [0.5, 0.6) is 0 Å². The highest BCUT2D eigenvalue weighted by atomic mass is 19.1. The predicted octanol–water partition coefficient (Wildman–Crippen LogP) is 3.33. The van der Waals surface area contributed by atoms with E-state index in [9.17, 15) is 9.18 Å². The second-order valence-corrected chi connectivity index (χ2v) is 4.64. The normalized spacial score (nSPS) is 10.6. The molecule has 4 nitrogen and oxygen atoms in total. The van der Waals surface area contributed by atoms with E-state index in [4.69, 9.17) is 0 Å². The van der Waals surface area contributed by atoms with Crippen molar-refractivity contribution in [2.75, 3.05) is 5.32 Å². The number of anilines is 1. The zero-order valence-electron chi connectivity index (χ0n) is 11.3. The van der Waals surface area contributed by atoms with Gasteiger partial charge in [-0.3, -0.25) is 14.8 Å². The molecule has 1 N–H and O–H groups in total. The number of amides is 1. The van der Waals surface area contributed by atoms with Crippen LogP contribution >= 0.6 is 0 Å². The number of fused-ring (bicyclic) bond motifs is 1. The van der Waals surface area contributed by atoms with Crippen molar-refractivity contribution >= 4 is 22.5 Å². The Morgan fingerprint density at radius 1 is 1.19 bits per heavy atom. The molecule has 3 aromatic rings. The standard InChI is InChI=1S/C16H12FN3O/c1-10-5-6-11-3-2-4-14(15(11)19-10)20-16(21)12-7-8-18-9-13(12)17/h2-9H,1H3,(H,20,21). The number of aromatic nitrogens is 2. The van der Waals surface area contributed by atoms with Gasteiger partial charge in [0.1, 0.15) is 0 Å². The summed E-state index contributed by atoms with van der Waals surface area (Å²) in [7, 11) is 0. The number of para-hydroxylation sites is 1. The number of aryl methyl sites for hydroxylation is 1. The molecule has 0 aliphatic rings. The smallest absolute Gasteiger partial charge is 0.258 e.